The van der Waals surface area contributed by atoms with Crippen molar-refractivity contribution < 1.29 is 24.2 Å². The van der Waals surface area contributed by atoms with E-state index in [1.807, 2.05) is 12.1 Å². The van der Waals surface area contributed by atoms with E-state index in [9.17, 15) is 14.7 Å². The van der Waals surface area contributed by atoms with Gasteiger partial charge in [-0.05, 0) is 36.2 Å². The van der Waals surface area contributed by atoms with Crippen LogP contribution >= 0.6 is 15.9 Å². The first-order chi connectivity index (χ1) is 16.0. The lowest BCUT2D eigenvalue weighted by Crippen LogP contribution is -2.38. The van der Waals surface area contributed by atoms with E-state index < -0.39 is 17.7 Å². The second-order valence-electron chi connectivity index (χ2n) is 8.08. The van der Waals surface area contributed by atoms with Gasteiger partial charge in [0.1, 0.15) is 11.5 Å². The fourth-order valence-electron chi connectivity index (χ4n) is 4.30. The number of morpholine rings is 1. The van der Waals surface area contributed by atoms with Crippen LogP contribution in [0.3, 0.4) is 0 Å². The number of ether oxygens (including phenoxy) is 2. The van der Waals surface area contributed by atoms with Gasteiger partial charge >= 0.3 is 0 Å². The third kappa shape index (κ3) is 5.13. The van der Waals surface area contributed by atoms with E-state index >= 15 is 0 Å². The van der Waals surface area contributed by atoms with Gasteiger partial charge in [0.05, 0.1) is 31.9 Å². The molecule has 2 saturated heterocycles. The molecule has 2 aliphatic rings. The molecule has 2 aliphatic heterocycles. The number of aliphatic hydroxyl groups excluding tert-OH is 1. The molecule has 0 bridgehead atoms. The largest absolute Gasteiger partial charge is 0.507 e. The van der Waals surface area contributed by atoms with Gasteiger partial charge in [-0.2, -0.15) is 0 Å². The molecule has 1 unspecified atom stereocenters. The average Bonchev–Trinajstić information content (AvgIpc) is 3.10. The van der Waals surface area contributed by atoms with Crippen molar-refractivity contribution in [2.75, 3.05) is 46.5 Å². The highest BCUT2D eigenvalue weighted by molar-refractivity contribution is 9.10. The van der Waals surface area contributed by atoms with E-state index in [1.54, 1.807) is 48.4 Å². The molecule has 7 nitrogen and oxygen atoms in total. The molecule has 2 heterocycles. The molecule has 1 N–H and O–H groups in total. The van der Waals surface area contributed by atoms with Gasteiger partial charge < -0.3 is 19.5 Å². The molecule has 4 rings (SSSR count). The monoisotopic (exact) mass is 514 g/mol. The van der Waals surface area contributed by atoms with Crippen molar-refractivity contribution in [2.24, 2.45) is 0 Å². The smallest absolute Gasteiger partial charge is 0.295 e. The minimum Gasteiger partial charge on any atom is -0.507 e. The number of likely N-dealkylation sites (tertiary alicyclic amines) is 1. The number of carbonyl (C=O) groups excluding carboxylic acids is 2. The highest BCUT2D eigenvalue weighted by atomic mass is 79.9. The Morgan fingerprint density at radius 2 is 1.73 bits per heavy atom. The maximum atomic E-state index is 13.1. The third-order valence-electron chi connectivity index (χ3n) is 6.07. The number of carbonyl (C=O) groups is 2. The molecule has 2 fully saturated rings. The van der Waals surface area contributed by atoms with Gasteiger partial charge in [0.2, 0.25) is 0 Å². The highest BCUT2D eigenvalue weighted by Gasteiger charge is 2.45. The number of ketones is 1. The van der Waals surface area contributed by atoms with E-state index in [1.165, 1.54) is 0 Å². The fraction of sp³-hybridized carbons (Fsp3) is 0.360. The van der Waals surface area contributed by atoms with Crippen molar-refractivity contribution in [2.45, 2.75) is 12.5 Å². The van der Waals surface area contributed by atoms with Crippen LogP contribution in [-0.4, -0.2) is 73.1 Å². The number of hydrogen-bond donors (Lipinski definition) is 1. The molecule has 0 aromatic heterocycles. The molecule has 33 heavy (non-hydrogen) atoms. The van der Waals surface area contributed by atoms with Gasteiger partial charge in [0.15, 0.2) is 0 Å². The number of hydrogen-bond acceptors (Lipinski definition) is 6. The lowest BCUT2D eigenvalue weighted by Gasteiger charge is -2.29. The number of Topliss-reactive ketones (excluding diaryl/α,β-unsaturated/α-hetero) is 1. The Bertz CT molecular complexity index is 1030. The molecule has 2 aromatic carbocycles. The number of amides is 1. The Kier molecular flexibility index (Phi) is 7.47. The maximum absolute atomic E-state index is 13.1. The predicted molar refractivity (Wildman–Crippen MR) is 128 cm³/mol. The molecule has 8 heteroatoms. The second-order valence-corrected chi connectivity index (χ2v) is 9.00. The van der Waals surface area contributed by atoms with Crippen LogP contribution in [0.1, 0.15) is 23.6 Å². The Balaban J connectivity index is 1.66. The van der Waals surface area contributed by atoms with E-state index in [-0.39, 0.29) is 11.3 Å². The van der Waals surface area contributed by atoms with Gasteiger partial charge in [0.25, 0.3) is 11.7 Å². The minimum atomic E-state index is -0.664. The molecule has 0 radical (unpaired) electrons. The first kappa shape index (κ1) is 23.5. The summed E-state index contributed by atoms with van der Waals surface area (Å²) < 4.78 is 11.5. The summed E-state index contributed by atoms with van der Waals surface area (Å²) in [6.07, 6.45) is 0.720. The van der Waals surface area contributed by atoms with Crippen LogP contribution in [0.15, 0.2) is 58.6 Å². The third-order valence-corrected chi connectivity index (χ3v) is 6.59. The van der Waals surface area contributed by atoms with Crippen LogP contribution in [0.4, 0.5) is 0 Å². The van der Waals surface area contributed by atoms with Gasteiger partial charge in [-0.3, -0.25) is 14.5 Å². The van der Waals surface area contributed by atoms with Gasteiger partial charge in [-0.15, -0.1) is 0 Å². The molecule has 0 spiro atoms. The summed E-state index contributed by atoms with van der Waals surface area (Å²) in [4.78, 5) is 30.0. The fourth-order valence-corrected chi connectivity index (χ4v) is 4.56. The molecule has 2 aromatic rings. The van der Waals surface area contributed by atoms with Crippen molar-refractivity contribution >= 4 is 33.4 Å². The molecule has 0 aliphatic carbocycles. The molecule has 174 valence electrons. The van der Waals surface area contributed by atoms with Gasteiger partial charge in [-0.25, -0.2) is 0 Å². The summed E-state index contributed by atoms with van der Waals surface area (Å²) in [6, 6.07) is 13.6. The Labute approximate surface area is 201 Å². The van der Waals surface area contributed by atoms with Crippen molar-refractivity contribution in [1.82, 2.24) is 9.80 Å². The van der Waals surface area contributed by atoms with E-state index in [2.05, 4.69) is 20.8 Å². The molecular formula is C25H27BrN2O5. The van der Waals surface area contributed by atoms with Crippen LogP contribution in [-0.2, 0) is 14.3 Å². The summed E-state index contributed by atoms with van der Waals surface area (Å²) in [5, 5.41) is 11.1. The summed E-state index contributed by atoms with van der Waals surface area (Å²) >= 11 is 3.38. The summed E-state index contributed by atoms with van der Waals surface area (Å²) in [5.74, 6) is -0.743. The van der Waals surface area contributed by atoms with Gasteiger partial charge in [0, 0.05) is 36.2 Å². The molecule has 0 saturated carbocycles. The van der Waals surface area contributed by atoms with E-state index in [4.69, 9.17) is 9.47 Å². The van der Waals surface area contributed by atoms with E-state index in [0.29, 0.717) is 31.1 Å². The standard InChI is InChI=1S/C25H27BrN2O5/c1-32-20-9-5-17(6-10-20)22-21(23(29)18-3-7-19(26)8-4-18)24(30)25(31)28(22)12-2-11-27-13-15-33-16-14-27/h3-10,22,29H,2,11-16H2,1H3. The lowest BCUT2D eigenvalue weighted by molar-refractivity contribution is -0.140. The summed E-state index contributed by atoms with van der Waals surface area (Å²) in [5.41, 5.74) is 1.35. The molecule has 1 atom stereocenters. The number of rotatable bonds is 7. The normalized spacial score (nSPS) is 20.9. The zero-order valence-electron chi connectivity index (χ0n) is 18.5. The zero-order valence-corrected chi connectivity index (χ0v) is 20.1. The zero-order chi connectivity index (χ0) is 23.4. The van der Waals surface area contributed by atoms with Gasteiger partial charge in [-0.1, -0.05) is 40.2 Å². The predicted octanol–water partition coefficient (Wildman–Crippen LogP) is 3.60. The lowest BCUT2D eigenvalue weighted by atomic mass is 9.95. The summed E-state index contributed by atoms with van der Waals surface area (Å²) in [7, 11) is 1.58. The minimum absolute atomic E-state index is 0.110. The van der Waals surface area contributed by atoms with Crippen LogP contribution < -0.4 is 4.74 Å². The van der Waals surface area contributed by atoms with Crippen molar-refractivity contribution in [3.8, 4) is 5.75 Å². The molecular weight excluding hydrogens is 488 g/mol. The first-order valence-electron chi connectivity index (χ1n) is 11.0. The second kappa shape index (κ2) is 10.5. The SMILES string of the molecule is COc1ccc(C2C(=C(O)c3ccc(Br)cc3)C(=O)C(=O)N2CCCN2CCOCC2)cc1. The van der Waals surface area contributed by atoms with Crippen LogP contribution in [0.5, 0.6) is 5.75 Å². The highest BCUT2D eigenvalue weighted by Crippen LogP contribution is 2.40. The molecule has 1 amide bonds. The number of methoxy groups -OCH3 is 1. The summed E-state index contributed by atoms with van der Waals surface area (Å²) in [6.45, 7) is 4.38. The Morgan fingerprint density at radius 1 is 1.06 bits per heavy atom. The topological polar surface area (TPSA) is 79.3 Å². The number of benzene rings is 2. The van der Waals surface area contributed by atoms with Crippen LogP contribution in [0.25, 0.3) is 5.76 Å². The van der Waals surface area contributed by atoms with Crippen molar-refractivity contribution in [3.05, 3.63) is 69.7 Å². The van der Waals surface area contributed by atoms with Crippen molar-refractivity contribution in [1.29, 1.82) is 0 Å². The van der Waals surface area contributed by atoms with Crippen LogP contribution in [0.2, 0.25) is 0 Å². The number of nitrogens with zero attached hydrogens (tertiary/aromatic N) is 2. The number of aliphatic hydroxyl groups is 1. The van der Waals surface area contributed by atoms with Crippen molar-refractivity contribution in [3.63, 3.8) is 0 Å². The quantitative estimate of drug-likeness (QED) is 0.345. The Morgan fingerprint density at radius 3 is 2.36 bits per heavy atom. The Hall–Kier alpha value is -2.68. The van der Waals surface area contributed by atoms with E-state index in [0.717, 1.165) is 36.1 Å². The number of halogens is 1. The first-order valence-corrected chi connectivity index (χ1v) is 11.8. The maximum Gasteiger partial charge on any atom is 0.295 e. The van der Waals surface area contributed by atoms with Crippen LogP contribution in [0, 0.1) is 0 Å². The average molecular weight is 515 g/mol.